The number of rotatable bonds is 12. The molecule has 220 valence electrons. The maximum atomic E-state index is 14.1. The van der Waals surface area contributed by atoms with Gasteiger partial charge in [0.25, 0.3) is 5.56 Å². The third-order valence-corrected chi connectivity index (χ3v) is 7.12. The number of hydrogen-bond donors (Lipinski definition) is 4. The van der Waals surface area contributed by atoms with Crippen LogP contribution in [0, 0.1) is 0 Å². The fourth-order valence-electron chi connectivity index (χ4n) is 4.24. The lowest BCUT2D eigenvalue weighted by molar-refractivity contribution is -0.111. The third kappa shape index (κ3) is 6.54. The highest BCUT2D eigenvalue weighted by Gasteiger charge is 2.24. The van der Waals surface area contributed by atoms with E-state index in [1.54, 1.807) is 43.5 Å². The zero-order valence-electron chi connectivity index (χ0n) is 23.5. The summed E-state index contributed by atoms with van der Waals surface area (Å²) in [5.74, 6) is 0.637. The summed E-state index contributed by atoms with van der Waals surface area (Å²) >= 11 is 6.66. The highest BCUT2D eigenvalue weighted by Crippen LogP contribution is 2.38. The van der Waals surface area contributed by atoms with E-state index in [-0.39, 0.29) is 42.2 Å². The largest absolute Gasteiger partial charge is 0.497 e. The Morgan fingerprint density at radius 1 is 1.12 bits per heavy atom. The number of carbonyl (C=O) groups is 1. The van der Waals surface area contributed by atoms with Crippen molar-refractivity contribution in [2.75, 3.05) is 38.1 Å². The first-order valence-electron chi connectivity index (χ1n) is 13.0. The molecule has 4 N–H and O–H groups in total. The van der Waals surface area contributed by atoms with E-state index in [4.69, 9.17) is 21.1 Å². The van der Waals surface area contributed by atoms with E-state index in [9.17, 15) is 19.8 Å². The maximum absolute atomic E-state index is 14.1. The van der Waals surface area contributed by atoms with Crippen molar-refractivity contribution in [3.63, 3.8) is 0 Å². The van der Waals surface area contributed by atoms with E-state index in [0.29, 0.717) is 45.8 Å². The molecule has 0 radical (unpaired) electrons. The molecule has 2 heterocycles. The Morgan fingerprint density at radius 3 is 2.45 bits per heavy atom. The van der Waals surface area contributed by atoms with Crippen molar-refractivity contribution in [2.24, 2.45) is 0 Å². The number of aliphatic hydroxyl groups excluding tert-OH is 2. The molecule has 0 fully saturated rings. The zero-order chi connectivity index (χ0) is 30.4. The fraction of sp³-hybridized carbons (Fsp3) is 0.267. The SMILES string of the molecule is C=CC(=O)Nc1ccc(CCn2c(=O)c(-c3cc(OC)cc(OC)c3Cl)cc3cnc(NC(C)(CO)CO)nc32)cc1. The third-order valence-electron chi connectivity index (χ3n) is 6.73. The number of benzene rings is 2. The number of nitrogens with one attached hydrogen (secondary N) is 2. The molecule has 12 heteroatoms. The van der Waals surface area contributed by atoms with Crippen LogP contribution in [0.3, 0.4) is 0 Å². The van der Waals surface area contributed by atoms with Crippen LogP contribution >= 0.6 is 11.6 Å². The minimum absolute atomic E-state index is 0.136. The predicted molar refractivity (Wildman–Crippen MR) is 163 cm³/mol. The number of ether oxygens (including phenoxy) is 2. The second kappa shape index (κ2) is 13.0. The Balaban J connectivity index is 1.83. The summed E-state index contributed by atoms with van der Waals surface area (Å²) in [6.07, 6.45) is 3.21. The molecular formula is C30H32ClN5O6. The number of halogens is 1. The van der Waals surface area contributed by atoms with Gasteiger partial charge in [-0.2, -0.15) is 4.98 Å². The number of carbonyl (C=O) groups excluding carboxylic acids is 1. The molecule has 0 bridgehead atoms. The second-order valence-electron chi connectivity index (χ2n) is 9.82. The molecule has 2 aromatic carbocycles. The summed E-state index contributed by atoms with van der Waals surface area (Å²) < 4.78 is 12.3. The van der Waals surface area contributed by atoms with Gasteiger partial charge in [0, 0.05) is 41.0 Å². The summed E-state index contributed by atoms with van der Waals surface area (Å²) in [5, 5.41) is 25.9. The lowest BCUT2D eigenvalue weighted by atomic mass is 10.0. The Labute approximate surface area is 247 Å². The molecular weight excluding hydrogens is 562 g/mol. The molecule has 0 aliphatic carbocycles. The van der Waals surface area contributed by atoms with Crippen LogP contribution in [-0.4, -0.2) is 63.6 Å². The highest BCUT2D eigenvalue weighted by molar-refractivity contribution is 6.35. The maximum Gasteiger partial charge on any atom is 0.260 e. The second-order valence-corrected chi connectivity index (χ2v) is 10.2. The summed E-state index contributed by atoms with van der Waals surface area (Å²) in [7, 11) is 2.99. The molecule has 0 aliphatic rings. The number of fused-ring (bicyclic) bond motifs is 1. The minimum Gasteiger partial charge on any atom is -0.497 e. The van der Waals surface area contributed by atoms with Crippen LogP contribution in [0.4, 0.5) is 11.6 Å². The van der Waals surface area contributed by atoms with Gasteiger partial charge in [-0.3, -0.25) is 14.2 Å². The quantitative estimate of drug-likeness (QED) is 0.181. The number of pyridine rings is 1. The topological polar surface area (TPSA) is 148 Å². The number of nitrogens with zero attached hydrogens (tertiary/aromatic N) is 3. The van der Waals surface area contributed by atoms with Gasteiger partial charge in [-0.25, -0.2) is 4.98 Å². The number of aliphatic hydroxyl groups is 2. The molecule has 0 spiro atoms. The van der Waals surface area contributed by atoms with Crippen LogP contribution < -0.4 is 25.7 Å². The molecule has 2 aromatic heterocycles. The van der Waals surface area contributed by atoms with Crippen LogP contribution in [0.15, 0.2) is 66.1 Å². The predicted octanol–water partition coefficient (Wildman–Crippen LogP) is 3.65. The van der Waals surface area contributed by atoms with Gasteiger partial charge in [0.1, 0.15) is 17.1 Å². The molecule has 0 saturated heterocycles. The number of aromatic nitrogens is 3. The molecule has 42 heavy (non-hydrogen) atoms. The number of amides is 1. The minimum atomic E-state index is -1.08. The van der Waals surface area contributed by atoms with Crippen molar-refractivity contribution in [1.82, 2.24) is 14.5 Å². The van der Waals surface area contributed by atoms with E-state index < -0.39 is 5.54 Å². The van der Waals surface area contributed by atoms with Crippen molar-refractivity contribution in [3.05, 3.63) is 82.3 Å². The first-order valence-corrected chi connectivity index (χ1v) is 13.4. The average molecular weight is 594 g/mol. The van der Waals surface area contributed by atoms with Crippen LogP contribution in [0.5, 0.6) is 11.5 Å². The van der Waals surface area contributed by atoms with E-state index in [1.807, 2.05) is 12.1 Å². The standard InChI is InChI=1S/C30H32ClN5O6/c1-5-25(39)33-20-8-6-18(7-9-20)10-11-36-27-19(15-32-29(34-27)35-30(2,16-37)17-38)12-23(28(36)40)22-13-21(41-3)14-24(42-4)26(22)31/h5-9,12-15,37-38H,1,10-11,16-17H2,2-4H3,(H,33,39)(H,32,34,35). The Morgan fingerprint density at radius 2 is 1.83 bits per heavy atom. The summed E-state index contributed by atoms with van der Waals surface area (Å²) in [4.78, 5) is 34.6. The van der Waals surface area contributed by atoms with E-state index in [1.165, 1.54) is 24.9 Å². The number of hydrogen-bond acceptors (Lipinski definition) is 9. The molecule has 1 amide bonds. The summed E-state index contributed by atoms with van der Waals surface area (Å²) in [6, 6.07) is 12.2. The van der Waals surface area contributed by atoms with Crippen molar-refractivity contribution in [1.29, 1.82) is 0 Å². The number of methoxy groups -OCH3 is 2. The molecule has 4 rings (SSSR count). The summed E-state index contributed by atoms with van der Waals surface area (Å²) in [6.45, 7) is 4.59. The van der Waals surface area contributed by atoms with E-state index >= 15 is 0 Å². The van der Waals surface area contributed by atoms with Gasteiger partial charge in [-0.15, -0.1) is 0 Å². The highest BCUT2D eigenvalue weighted by atomic mass is 35.5. The van der Waals surface area contributed by atoms with Crippen molar-refractivity contribution >= 4 is 40.2 Å². The average Bonchev–Trinajstić information content (AvgIpc) is 3.01. The molecule has 0 saturated carbocycles. The first-order chi connectivity index (χ1) is 20.1. The Hall–Kier alpha value is -4.45. The number of aryl methyl sites for hydroxylation is 2. The summed E-state index contributed by atoms with van der Waals surface area (Å²) in [5.41, 5.74) is 1.17. The monoisotopic (exact) mass is 593 g/mol. The van der Waals surface area contributed by atoms with Gasteiger partial charge in [0.2, 0.25) is 11.9 Å². The lowest BCUT2D eigenvalue weighted by Crippen LogP contribution is -2.43. The van der Waals surface area contributed by atoms with Gasteiger partial charge in [-0.05, 0) is 49.2 Å². The van der Waals surface area contributed by atoms with Gasteiger partial charge in [0.05, 0.1) is 38.0 Å². The van der Waals surface area contributed by atoms with Crippen LogP contribution in [-0.2, 0) is 17.8 Å². The molecule has 0 unspecified atom stereocenters. The number of anilines is 2. The normalized spacial score (nSPS) is 11.3. The van der Waals surface area contributed by atoms with Gasteiger partial charge in [0.15, 0.2) is 0 Å². The Kier molecular flexibility index (Phi) is 9.46. The smallest absolute Gasteiger partial charge is 0.260 e. The molecule has 4 aromatic rings. The van der Waals surface area contributed by atoms with Gasteiger partial charge >= 0.3 is 0 Å². The van der Waals surface area contributed by atoms with Crippen molar-refractivity contribution in [2.45, 2.75) is 25.4 Å². The van der Waals surface area contributed by atoms with Crippen LogP contribution in [0.1, 0.15) is 12.5 Å². The zero-order valence-corrected chi connectivity index (χ0v) is 24.2. The first kappa shape index (κ1) is 30.5. The molecule has 11 nitrogen and oxygen atoms in total. The van der Waals surface area contributed by atoms with Crippen molar-refractivity contribution in [3.8, 4) is 22.6 Å². The van der Waals surface area contributed by atoms with E-state index in [0.717, 1.165) is 5.56 Å². The van der Waals surface area contributed by atoms with Gasteiger partial charge < -0.3 is 30.3 Å². The van der Waals surface area contributed by atoms with E-state index in [2.05, 4.69) is 27.2 Å². The lowest BCUT2D eigenvalue weighted by Gasteiger charge is -2.26. The van der Waals surface area contributed by atoms with Crippen LogP contribution in [0.2, 0.25) is 5.02 Å². The fourth-order valence-corrected chi connectivity index (χ4v) is 4.53. The van der Waals surface area contributed by atoms with Crippen LogP contribution in [0.25, 0.3) is 22.2 Å². The van der Waals surface area contributed by atoms with Crippen molar-refractivity contribution < 1.29 is 24.5 Å². The Bertz CT molecular complexity index is 1670. The molecule has 0 atom stereocenters. The van der Waals surface area contributed by atoms with Gasteiger partial charge in [-0.1, -0.05) is 30.3 Å². The molecule has 0 aliphatic heterocycles.